The lowest BCUT2D eigenvalue weighted by molar-refractivity contribution is 0.591. The van der Waals surface area contributed by atoms with Crippen LogP contribution in [0.3, 0.4) is 0 Å². The largest absolute Gasteiger partial charge is 0.383 e. The monoisotopic (exact) mass is 296 g/mol. The van der Waals surface area contributed by atoms with Gasteiger partial charge in [-0.15, -0.1) is 0 Å². The fraction of sp³-hybridized carbons (Fsp3) is 0.733. The highest BCUT2D eigenvalue weighted by Gasteiger charge is 2.16. The SMILES string of the molecule is CCCCCC(C)Nc1c(N)n(CCC)c(=O)n(C)c1=O. The maximum atomic E-state index is 12.2. The van der Waals surface area contributed by atoms with E-state index in [0.29, 0.717) is 12.2 Å². The molecule has 0 aliphatic rings. The van der Waals surface area contributed by atoms with Gasteiger partial charge in [-0.05, 0) is 19.8 Å². The Kier molecular flexibility index (Phi) is 6.52. The zero-order valence-corrected chi connectivity index (χ0v) is 13.6. The van der Waals surface area contributed by atoms with Crippen molar-refractivity contribution in [2.75, 3.05) is 11.1 Å². The molecule has 0 saturated heterocycles. The summed E-state index contributed by atoms with van der Waals surface area (Å²) in [5.74, 6) is 0.243. The maximum absolute atomic E-state index is 12.2. The van der Waals surface area contributed by atoms with Crippen molar-refractivity contribution in [3.63, 3.8) is 0 Å². The number of rotatable bonds is 8. The molecule has 0 amide bonds. The first-order valence-electron chi connectivity index (χ1n) is 7.79. The van der Waals surface area contributed by atoms with Crippen LogP contribution in [0.2, 0.25) is 0 Å². The molecule has 120 valence electrons. The molecule has 0 fully saturated rings. The Morgan fingerprint density at radius 2 is 1.86 bits per heavy atom. The minimum absolute atomic E-state index is 0.152. The van der Waals surface area contributed by atoms with Crippen molar-refractivity contribution >= 4 is 11.5 Å². The van der Waals surface area contributed by atoms with Crippen LogP contribution in [0.5, 0.6) is 0 Å². The highest BCUT2D eigenvalue weighted by molar-refractivity contribution is 5.61. The number of hydrogen-bond acceptors (Lipinski definition) is 4. The summed E-state index contributed by atoms with van der Waals surface area (Å²) in [5, 5.41) is 3.19. The molecular formula is C15H28N4O2. The molecule has 1 heterocycles. The predicted molar refractivity (Wildman–Crippen MR) is 87.9 cm³/mol. The molecule has 1 aromatic rings. The van der Waals surface area contributed by atoms with Gasteiger partial charge in [-0.2, -0.15) is 0 Å². The highest BCUT2D eigenvalue weighted by Crippen LogP contribution is 2.14. The summed E-state index contributed by atoms with van der Waals surface area (Å²) < 4.78 is 2.58. The number of nitrogen functional groups attached to an aromatic ring is 1. The first kappa shape index (κ1) is 17.3. The molecular weight excluding hydrogens is 268 g/mol. The molecule has 1 aromatic heterocycles. The standard InChI is InChI=1S/C15H28N4O2/c1-5-7-8-9-11(3)17-12-13(16)19(10-6-2)15(21)18(4)14(12)20/h11,17H,5-10,16H2,1-4H3. The van der Waals surface area contributed by atoms with E-state index in [4.69, 9.17) is 5.73 Å². The Balaban J connectivity index is 3.06. The number of nitrogens with zero attached hydrogens (tertiary/aromatic N) is 2. The molecule has 0 aliphatic heterocycles. The number of unbranched alkanes of at least 4 members (excludes halogenated alkanes) is 2. The Labute approximate surface area is 126 Å². The molecule has 6 nitrogen and oxygen atoms in total. The fourth-order valence-electron chi connectivity index (χ4n) is 2.38. The van der Waals surface area contributed by atoms with Gasteiger partial charge in [0.05, 0.1) is 0 Å². The van der Waals surface area contributed by atoms with Gasteiger partial charge in [0.25, 0.3) is 5.56 Å². The van der Waals surface area contributed by atoms with Gasteiger partial charge >= 0.3 is 5.69 Å². The molecule has 0 bridgehead atoms. The van der Waals surface area contributed by atoms with Gasteiger partial charge in [0.2, 0.25) is 0 Å². The number of nitrogens with two attached hydrogens (primary N) is 1. The average Bonchev–Trinajstić information content (AvgIpc) is 2.46. The third-order valence-corrected chi connectivity index (χ3v) is 3.66. The zero-order valence-electron chi connectivity index (χ0n) is 13.6. The van der Waals surface area contributed by atoms with Crippen LogP contribution in [0.4, 0.5) is 11.5 Å². The summed E-state index contributed by atoms with van der Waals surface area (Å²) >= 11 is 0. The summed E-state index contributed by atoms with van der Waals surface area (Å²) in [6.07, 6.45) is 5.21. The lowest BCUT2D eigenvalue weighted by Gasteiger charge is -2.19. The van der Waals surface area contributed by atoms with Crippen molar-refractivity contribution in [3.8, 4) is 0 Å². The van der Waals surface area contributed by atoms with Crippen LogP contribution in [0, 0.1) is 0 Å². The molecule has 21 heavy (non-hydrogen) atoms. The zero-order chi connectivity index (χ0) is 16.0. The van der Waals surface area contributed by atoms with E-state index in [1.54, 1.807) is 0 Å². The van der Waals surface area contributed by atoms with Gasteiger partial charge in [0.1, 0.15) is 11.5 Å². The topological polar surface area (TPSA) is 82.0 Å². The first-order chi connectivity index (χ1) is 9.93. The summed E-state index contributed by atoms with van der Waals surface area (Å²) in [4.78, 5) is 24.3. The number of anilines is 2. The van der Waals surface area contributed by atoms with E-state index in [1.165, 1.54) is 18.0 Å². The minimum Gasteiger partial charge on any atom is -0.383 e. The average molecular weight is 296 g/mol. The van der Waals surface area contributed by atoms with Gasteiger partial charge < -0.3 is 11.1 Å². The summed E-state index contributed by atoms with van der Waals surface area (Å²) in [7, 11) is 1.49. The van der Waals surface area contributed by atoms with Crippen LogP contribution in [0.25, 0.3) is 0 Å². The molecule has 0 aromatic carbocycles. The van der Waals surface area contributed by atoms with Crippen LogP contribution >= 0.6 is 0 Å². The lowest BCUT2D eigenvalue weighted by atomic mass is 10.1. The third-order valence-electron chi connectivity index (χ3n) is 3.66. The molecule has 0 radical (unpaired) electrons. The van der Waals surface area contributed by atoms with Gasteiger partial charge in [-0.1, -0.05) is 33.1 Å². The second-order valence-electron chi connectivity index (χ2n) is 5.60. The van der Waals surface area contributed by atoms with E-state index in [2.05, 4.69) is 12.2 Å². The van der Waals surface area contributed by atoms with E-state index in [-0.39, 0.29) is 23.1 Å². The molecule has 0 spiro atoms. The molecule has 0 saturated carbocycles. The van der Waals surface area contributed by atoms with Gasteiger partial charge in [-0.25, -0.2) is 4.79 Å². The highest BCUT2D eigenvalue weighted by atomic mass is 16.2. The van der Waals surface area contributed by atoms with E-state index in [0.717, 1.165) is 30.3 Å². The summed E-state index contributed by atoms with van der Waals surface area (Å²) in [6.45, 7) is 6.67. The Bertz CT molecular complexity index is 574. The molecule has 1 rings (SSSR count). The van der Waals surface area contributed by atoms with Crippen molar-refractivity contribution in [3.05, 3.63) is 20.8 Å². The van der Waals surface area contributed by atoms with Gasteiger partial charge in [-0.3, -0.25) is 13.9 Å². The van der Waals surface area contributed by atoms with Crippen molar-refractivity contribution in [2.24, 2.45) is 7.05 Å². The van der Waals surface area contributed by atoms with Crippen LogP contribution < -0.4 is 22.3 Å². The van der Waals surface area contributed by atoms with Gasteiger partial charge in [0, 0.05) is 19.6 Å². The van der Waals surface area contributed by atoms with Crippen molar-refractivity contribution in [1.82, 2.24) is 9.13 Å². The molecule has 3 N–H and O–H groups in total. The van der Waals surface area contributed by atoms with Crippen LogP contribution in [0.15, 0.2) is 9.59 Å². The smallest absolute Gasteiger partial charge is 0.332 e. The van der Waals surface area contributed by atoms with Crippen LogP contribution in [-0.2, 0) is 13.6 Å². The molecule has 1 unspecified atom stereocenters. The van der Waals surface area contributed by atoms with E-state index < -0.39 is 0 Å². The van der Waals surface area contributed by atoms with Crippen molar-refractivity contribution in [1.29, 1.82) is 0 Å². The molecule has 1 atom stereocenters. The second-order valence-corrected chi connectivity index (χ2v) is 5.60. The van der Waals surface area contributed by atoms with E-state index in [1.807, 2.05) is 13.8 Å². The van der Waals surface area contributed by atoms with Crippen LogP contribution in [0.1, 0.15) is 52.9 Å². The predicted octanol–water partition coefficient (Wildman–Crippen LogP) is 1.92. The Morgan fingerprint density at radius 1 is 1.19 bits per heavy atom. The number of hydrogen-bond donors (Lipinski definition) is 2. The number of aromatic nitrogens is 2. The fourth-order valence-corrected chi connectivity index (χ4v) is 2.38. The first-order valence-corrected chi connectivity index (χ1v) is 7.79. The quantitative estimate of drug-likeness (QED) is 0.718. The van der Waals surface area contributed by atoms with Crippen LogP contribution in [-0.4, -0.2) is 15.2 Å². The normalized spacial score (nSPS) is 12.4. The molecule has 0 aliphatic carbocycles. The summed E-state index contributed by atoms with van der Waals surface area (Å²) in [6, 6.07) is 0.152. The van der Waals surface area contributed by atoms with E-state index in [9.17, 15) is 9.59 Å². The maximum Gasteiger partial charge on any atom is 0.332 e. The lowest BCUT2D eigenvalue weighted by Crippen LogP contribution is -2.41. The van der Waals surface area contributed by atoms with Crippen molar-refractivity contribution in [2.45, 2.75) is 65.5 Å². The summed E-state index contributed by atoms with van der Waals surface area (Å²) in [5.41, 5.74) is 5.66. The van der Waals surface area contributed by atoms with Crippen molar-refractivity contribution < 1.29 is 0 Å². The molecule has 6 heteroatoms. The second kappa shape index (κ2) is 7.90. The third kappa shape index (κ3) is 4.12. The van der Waals surface area contributed by atoms with Gasteiger partial charge in [0.15, 0.2) is 0 Å². The van der Waals surface area contributed by atoms with E-state index >= 15 is 0 Å². The number of nitrogens with one attached hydrogen (secondary N) is 1. The Hall–Kier alpha value is -1.72. The minimum atomic E-state index is -0.358. The Morgan fingerprint density at radius 3 is 2.43 bits per heavy atom.